The van der Waals surface area contributed by atoms with Crippen molar-refractivity contribution in [3.05, 3.63) is 35.9 Å². The Kier molecular flexibility index (Phi) is 10.2. The molecule has 0 saturated carbocycles. The van der Waals surface area contributed by atoms with E-state index in [0.29, 0.717) is 0 Å². The van der Waals surface area contributed by atoms with Crippen LogP contribution < -0.4 is 16.8 Å². The first kappa shape index (κ1) is 20.4. The molecular weight excluding hydrogens is 301 g/mol. The Labute approximate surface area is 149 Å². The van der Waals surface area contributed by atoms with Crippen molar-refractivity contribution < 1.29 is 23.9 Å². The molecule has 8 nitrogen and oxygen atoms in total. The zero-order valence-corrected chi connectivity index (χ0v) is 11.3. The summed E-state index contributed by atoms with van der Waals surface area (Å²) < 4.78 is 9.01. The van der Waals surface area contributed by atoms with Crippen LogP contribution in [0.5, 0.6) is 0 Å². The SMILES string of the molecule is NCCOC(=O)NC(Cc1ccccc1)C(=O)OC(N)=O.[NaH]. The van der Waals surface area contributed by atoms with Gasteiger partial charge in [-0.15, -0.1) is 0 Å². The molecule has 2 amide bonds. The Balaban J connectivity index is 0.00000441. The van der Waals surface area contributed by atoms with Crippen molar-refractivity contribution in [2.45, 2.75) is 12.5 Å². The van der Waals surface area contributed by atoms with Crippen molar-refractivity contribution in [2.75, 3.05) is 13.2 Å². The molecule has 0 spiro atoms. The van der Waals surface area contributed by atoms with E-state index in [4.69, 9.17) is 16.2 Å². The third-order valence-corrected chi connectivity index (χ3v) is 2.41. The average molecular weight is 319 g/mol. The number of esters is 1. The van der Waals surface area contributed by atoms with Crippen molar-refractivity contribution in [2.24, 2.45) is 11.5 Å². The number of primary amides is 1. The van der Waals surface area contributed by atoms with Crippen molar-refractivity contribution >= 4 is 47.7 Å². The molecule has 0 aliphatic rings. The van der Waals surface area contributed by atoms with E-state index in [-0.39, 0.29) is 49.1 Å². The maximum atomic E-state index is 11.7. The fourth-order valence-corrected chi connectivity index (χ4v) is 1.55. The van der Waals surface area contributed by atoms with Gasteiger partial charge in [-0.25, -0.2) is 14.4 Å². The Hall–Kier alpha value is -1.61. The number of hydrogen-bond donors (Lipinski definition) is 3. The number of ether oxygens (including phenoxy) is 2. The number of rotatable bonds is 6. The molecule has 1 aromatic carbocycles. The molecule has 1 rings (SSSR count). The standard InChI is InChI=1S/C13H17N3O5.Na.H/c14-6-7-20-13(19)16-10(11(17)21-12(15)18)8-9-4-2-1-3-5-9;;/h1-5,10H,6-8,14H2,(H2,15,18)(H,16,19);;. The predicted molar refractivity (Wildman–Crippen MR) is 80.3 cm³/mol. The molecule has 0 aromatic heterocycles. The zero-order valence-electron chi connectivity index (χ0n) is 11.3. The van der Waals surface area contributed by atoms with Gasteiger partial charge in [0.1, 0.15) is 12.6 Å². The molecule has 0 aliphatic carbocycles. The molecule has 22 heavy (non-hydrogen) atoms. The minimum atomic E-state index is -1.24. The molecule has 116 valence electrons. The van der Waals surface area contributed by atoms with Crippen LogP contribution in [0.3, 0.4) is 0 Å². The summed E-state index contributed by atoms with van der Waals surface area (Å²) in [5, 5.41) is 2.31. The van der Waals surface area contributed by atoms with Crippen LogP contribution in [-0.2, 0) is 20.7 Å². The van der Waals surface area contributed by atoms with Crippen LogP contribution in [-0.4, -0.2) is 66.9 Å². The van der Waals surface area contributed by atoms with Crippen LogP contribution in [0, 0.1) is 0 Å². The van der Waals surface area contributed by atoms with Gasteiger partial charge >= 0.3 is 47.7 Å². The van der Waals surface area contributed by atoms with Gasteiger partial charge < -0.3 is 26.3 Å². The summed E-state index contributed by atoms with van der Waals surface area (Å²) in [7, 11) is 0. The van der Waals surface area contributed by atoms with Gasteiger partial charge in [-0.3, -0.25) is 0 Å². The molecular formula is C13H18N3NaO5. The number of amides is 2. The minimum absolute atomic E-state index is 0. The quantitative estimate of drug-likeness (QED) is 0.359. The summed E-state index contributed by atoms with van der Waals surface area (Å²) in [5.74, 6) is -0.962. The van der Waals surface area contributed by atoms with Crippen LogP contribution in [0.4, 0.5) is 9.59 Å². The number of carbonyl (C=O) groups excluding carboxylic acids is 3. The second-order valence-corrected chi connectivity index (χ2v) is 4.05. The summed E-state index contributed by atoms with van der Waals surface area (Å²) in [6.45, 7) is 0.164. The van der Waals surface area contributed by atoms with E-state index in [1.807, 2.05) is 6.07 Å². The molecule has 0 radical (unpaired) electrons. The van der Waals surface area contributed by atoms with Gasteiger partial charge in [-0.05, 0) is 5.56 Å². The van der Waals surface area contributed by atoms with E-state index in [0.717, 1.165) is 5.56 Å². The van der Waals surface area contributed by atoms with Gasteiger partial charge in [-0.1, -0.05) is 30.3 Å². The molecule has 5 N–H and O–H groups in total. The summed E-state index contributed by atoms with van der Waals surface area (Å²) >= 11 is 0. The van der Waals surface area contributed by atoms with Crippen LogP contribution in [0.25, 0.3) is 0 Å². The van der Waals surface area contributed by atoms with E-state index in [1.54, 1.807) is 24.3 Å². The van der Waals surface area contributed by atoms with Gasteiger partial charge in [0.25, 0.3) is 0 Å². The monoisotopic (exact) mass is 319 g/mol. The third-order valence-electron chi connectivity index (χ3n) is 2.41. The predicted octanol–water partition coefficient (Wildman–Crippen LogP) is -0.744. The van der Waals surface area contributed by atoms with Crippen molar-refractivity contribution in [3.8, 4) is 0 Å². The topological polar surface area (TPSA) is 134 Å². The van der Waals surface area contributed by atoms with Crippen molar-refractivity contribution in [1.82, 2.24) is 5.32 Å². The molecule has 0 aliphatic heterocycles. The number of benzene rings is 1. The van der Waals surface area contributed by atoms with E-state index < -0.39 is 24.2 Å². The van der Waals surface area contributed by atoms with E-state index in [2.05, 4.69) is 10.1 Å². The van der Waals surface area contributed by atoms with Gasteiger partial charge in [0, 0.05) is 13.0 Å². The van der Waals surface area contributed by atoms with Crippen LogP contribution >= 0.6 is 0 Å². The maximum absolute atomic E-state index is 11.7. The van der Waals surface area contributed by atoms with Crippen molar-refractivity contribution in [3.63, 3.8) is 0 Å². The first-order valence-electron chi connectivity index (χ1n) is 6.21. The molecule has 1 atom stereocenters. The summed E-state index contributed by atoms with van der Waals surface area (Å²) in [5.41, 5.74) is 10.8. The summed E-state index contributed by atoms with van der Waals surface area (Å²) in [4.78, 5) is 33.9. The fourth-order valence-electron chi connectivity index (χ4n) is 1.55. The van der Waals surface area contributed by atoms with E-state index >= 15 is 0 Å². The first-order chi connectivity index (χ1) is 10.0. The molecule has 1 unspecified atom stereocenters. The Bertz CT molecular complexity index is 498. The number of alkyl carbamates (subject to hydrolysis) is 1. The summed E-state index contributed by atoms with van der Waals surface area (Å²) in [6.07, 6.45) is -1.94. The summed E-state index contributed by atoms with van der Waals surface area (Å²) in [6, 6.07) is 7.79. The molecule has 0 saturated heterocycles. The Morgan fingerprint density at radius 1 is 1.18 bits per heavy atom. The molecule has 1 aromatic rings. The second kappa shape index (κ2) is 11.0. The van der Waals surface area contributed by atoms with Crippen LogP contribution in [0.1, 0.15) is 5.56 Å². The first-order valence-corrected chi connectivity index (χ1v) is 6.21. The second-order valence-electron chi connectivity index (χ2n) is 4.05. The number of nitrogens with one attached hydrogen (secondary N) is 1. The molecule has 0 heterocycles. The van der Waals surface area contributed by atoms with Crippen LogP contribution in [0.15, 0.2) is 30.3 Å². The molecule has 0 bridgehead atoms. The normalized spacial score (nSPS) is 10.8. The molecule has 0 fully saturated rings. The Morgan fingerprint density at radius 2 is 1.82 bits per heavy atom. The zero-order chi connectivity index (χ0) is 15.7. The van der Waals surface area contributed by atoms with E-state index in [9.17, 15) is 14.4 Å². The van der Waals surface area contributed by atoms with Crippen LogP contribution in [0.2, 0.25) is 0 Å². The van der Waals surface area contributed by atoms with Gasteiger partial charge in [0.05, 0.1) is 0 Å². The van der Waals surface area contributed by atoms with Gasteiger partial charge in [-0.2, -0.15) is 0 Å². The number of hydrogen-bond acceptors (Lipinski definition) is 6. The van der Waals surface area contributed by atoms with E-state index in [1.165, 1.54) is 0 Å². The number of nitrogens with two attached hydrogens (primary N) is 2. The third kappa shape index (κ3) is 7.99. The average Bonchev–Trinajstić information content (AvgIpc) is 2.44. The van der Waals surface area contributed by atoms with Gasteiger partial charge in [0.15, 0.2) is 0 Å². The van der Waals surface area contributed by atoms with Crippen molar-refractivity contribution in [1.29, 1.82) is 0 Å². The fraction of sp³-hybridized carbons (Fsp3) is 0.308. The number of carbonyl (C=O) groups is 3. The molecule has 9 heteroatoms. The van der Waals surface area contributed by atoms with Gasteiger partial charge in [0.2, 0.25) is 0 Å². The Morgan fingerprint density at radius 3 is 2.36 bits per heavy atom.